The van der Waals surface area contributed by atoms with Gasteiger partial charge in [-0.2, -0.15) is 0 Å². The van der Waals surface area contributed by atoms with Crippen molar-refractivity contribution in [2.75, 3.05) is 0 Å². The molecule has 0 saturated carbocycles. The van der Waals surface area contributed by atoms with Crippen molar-refractivity contribution in [1.82, 2.24) is 0 Å². The Labute approximate surface area is 187 Å². The summed E-state index contributed by atoms with van der Waals surface area (Å²) in [5.74, 6) is 0.896. The van der Waals surface area contributed by atoms with Crippen molar-refractivity contribution in [2.24, 2.45) is 5.92 Å². The van der Waals surface area contributed by atoms with Gasteiger partial charge in [0.1, 0.15) is 0 Å². The zero-order chi connectivity index (χ0) is 21.3. The van der Waals surface area contributed by atoms with E-state index < -0.39 is 0 Å². The monoisotopic (exact) mass is 407 g/mol. The van der Waals surface area contributed by atoms with Crippen LogP contribution in [0, 0.1) is 12.3 Å². The maximum Gasteiger partial charge on any atom is -0.0355 e. The molecule has 0 amide bonds. The zero-order valence-electron chi connectivity index (χ0n) is 21.1. The summed E-state index contributed by atoms with van der Waals surface area (Å²) in [5, 5.41) is 0. The second kappa shape index (κ2) is 26.0. The molecule has 0 N–H and O–H groups in total. The van der Waals surface area contributed by atoms with Gasteiger partial charge < -0.3 is 0 Å². The lowest BCUT2D eigenvalue weighted by Crippen LogP contribution is -2.00. The quantitative estimate of drug-likeness (QED) is 0.132. The van der Waals surface area contributed by atoms with Gasteiger partial charge in [0, 0.05) is 0 Å². The van der Waals surface area contributed by atoms with Gasteiger partial charge in [0.05, 0.1) is 0 Å². The fourth-order valence-electron chi connectivity index (χ4n) is 4.54. The standard InChI is InChI=1S/C29H59/c1-4-7-9-11-13-15-17-18-20-22-24-26-28-29(6-3)27-25-23-21-19-16-14-12-10-8-5-2/h28-29H,4-27H2,1-3H3. The van der Waals surface area contributed by atoms with Crippen molar-refractivity contribution < 1.29 is 0 Å². The second-order valence-electron chi connectivity index (χ2n) is 9.70. The summed E-state index contributed by atoms with van der Waals surface area (Å²) in [6.07, 6.45) is 37.4. The number of hydrogen-bond acceptors (Lipinski definition) is 0. The Hall–Kier alpha value is 0. The van der Waals surface area contributed by atoms with Crippen LogP contribution in [0.2, 0.25) is 0 Å². The van der Waals surface area contributed by atoms with Crippen LogP contribution in [-0.2, 0) is 0 Å². The molecule has 0 aromatic rings. The third-order valence-electron chi connectivity index (χ3n) is 6.76. The highest BCUT2D eigenvalue weighted by Gasteiger charge is 2.06. The van der Waals surface area contributed by atoms with E-state index in [2.05, 4.69) is 27.2 Å². The average molecular weight is 408 g/mol. The Morgan fingerprint density at radius 1 is 0.414 bits per heavy atom. The van der Waals surface area contributed by atoms with E-state index in [1.165, 1.54) is 154 Å². The fourth-order valence-corrected chi connectivity index (χ4v) is 4.54. The largest absolute Gasteiger partial charge is 0.0654 e. The molecule has 0 aliphatic heterocycles. The second-order valence-corrected chi connectivity index (χ2v) is 9.70. The van der Waals surface area contributed by atoms with Crippen LogP contribution in [0.15, 0.2) is 0 Å². The van der Waals surface area contributed by atoms with Crippen LogP contribution in [0.25, 0.3) is 0 Å². The van der Waals surface area contributed by atoms with Crippen molar-refractivity contribution in [3.63, 3.8) is 0 Å². The molecule has 29 heavy (non-hydrogen) atoms. The van der Waals surface area contributed by atoms with Crippen molar-refractivity contribution in [2.45, 2.75) is 175 Å². The van der Waals surface area contributed by atoms with Gasteiger partial charge >= 0.3 is 0 Å². The van der Waals surface area contributed by atoms with Crippen LogP contribution >= 0.6 is 0 Å². The number of unbranched alkanes of at least 4 members (excludes halogenated alkanes) is 20. The smallest absolute Gasteiger partial charge is 0.0355 e. The van der Waals surface area contributed by atoms with E-state index in [1.54, 1.807) is 0 Å². The van der Waals surface area contributed by atoms with Gasteiger partial charge in [-0.25, -0.2) is 0 Å². The molecule has 0 aliphatic carbocycles. The van der Waals surface area contributed by atoms with Crippen molar-refractivity contribution in [3.8, 4) is 0 Å². The predicted octanol–water partition coefficient (Wildman–Crippen LogP) is 11.2. The van der Waals surface area contributed by atoms with E-state index in [-0.39, 0.29) is 0 Å². The minimum absolute atomic E-state index is 0.896. The molecule has 1 unspecified atom stereocenters. The molecule has 1 atom stereocenters. The lowest BCUT2D eigenvalue weighted by atomic mass is 9.92. The van der Waals surface area contributed by atoms with Gasteiger partial charge in [-0.1, -0.05) is 168 Å². The zero-order valence-corrected chi connectivity index (χ0v) is 21.1. The highest BCUT2D eigenvalue weighted by molar-refractivity contribution is 4.75. The molecule has 0 nitrogen and oxygen atoms in total. The van der Waals surface area contributed by atoms with Crippen LogP contribution in [0.4, 0.5) is 0 Å². The SMILES string of the molecule is CCCCCCCCCCCCC[CH]C(CC)CCCCCCCCCCCC. The van der Waals surface area contributed by atoms with E-state index in [4.69, 9.17) is 0 Å². The maximum absolute atomic E-state index is 2.67. The first kappa shape index (κ1) is 29.0. The Balaban J connectivity index is 3.27. The van der Waals surface area contributed by atoms with Crippen LogP contribution in [-0.4, -0.2) is 0 Å². The number of rotatable bonds is 25. The molecule has 0 heterocycles. The molecule has 0 fully saturated rings. The first-order chi connectivity index (χ1) is 14.3. The molecule has 175 valence electrons. The minimum Gasteiger partial charge on any atom is -0.0654 e. The highest BCUT2D eigenvalue weighted by Crippen LogP contribution is 2.21. The molecule has 1 radical (unpaired) electrons. The van der Waals surface area contributed by atoms with E-state index in [0.717, 1.165) is 5.92 Å². The first-order valence-electron chi connectivity index (χ1n) is 14.2. The van der Waals surface area contributed by atoms with E-state index >= 15 is 0 Å². The van der Waals surface area contributed by atoms with Gasteiger partial charge in [-0.15, -0.1) is 0 Å². The molecule has 0 bridgehead atoms. The normalized spacial score (nSPS) is 12.5. The molecule has 0 aliphatic rings. The molecule has 0 spiro atoms. The summed E-state index contributed by atoms with van der Waals surface area (Å²) in [6, 6.07) is 0. The van der Waals surface area contributed by atoms with E-state index in [0.29, 0.717) is 0 Å². The molecule has 0 saturated heterocycles. The van der Waals surface area contributed by atoms with Crippen molar-refractivity contribution >= 4 is 0 Å². The average Bonchev–Trinajstić information content (AvgIpc) is 2.74. The molecule has 0 heteroatoms. The van der Waals surface area contributed by atoms with Gasteiger partial charge in [0.15, 0.2) is 0 Å². The van der Waals surface area contributed by atoms with Crippen molar-refractivity contribution in [1.29, 1.82) is 0 Å². The summed E-state index contributed by atoms with van der Waals surface area (Å²) in [6.45, 7) is 7.00. The Morgan fingerprint density at radius 3 is 1.14 bits per heavy atom. The Morgan fingerprint density at radius 2 is 0.759 bits per heavy atom. The third-order valence-corrected chi connectivity index (χ3v) is 6.76. The van der Waals surface area contributed by atoms with Gasteiger partial charge in [-0.05, 0) is 18.8 Å². The van der Waals surface area contributed by atoms with Crippen LogP contribution in [0.3, 0.4) is 0 Å². The first-order valence-corrected chi connectivity index (χ1v) is 14.2. The lowest BCUT2D eigenvalue weighted by molar-refractivity contribution is 0.464. The lowest BCUT2D eigenvalue weighted by Gasteiger charge is -2.14. The fraction of sp³-hybridized carbons (Fsp3) is 0.966. The third kappa shape index (κ3) is 24.1. The summed E-state index contributed by atoms with van der Waals surface area (Å²) in [4.78, 5) is 0. The summed E-state index contributed by atoms with van der Waals surface area (Å²) in [7, 11) is 0. The maximum atomic E-state index is 2.67. The molecular formula is C29H59. The molecular weight excluding hydrogens is 348 g/mol. The van der Waals surface area contributed by atoms with Gasteiger partial charge in [-0.3, -0.25) is 0 Å². The van der Waals surface area contributed by atoms with Crippen LogP contribution < -0.4 is 0 Å². The van der Waals surface area contributed by atoms with E-state index in [9.17, 15) is 0 Å². The highest BCUT2D eigenvalue weighted by atomic mass is 14.1. The summed E-state index contributed by atoms with van der Waals surface area (Å²) in [5.41, 5.74) is 0. The van der Waals surface area contributed by atoms with Crippen LogP contribution in [0.5, 0.6) is 0 Å². The Kier molecular flexibility index (Phi) is 26.0. The Bertz CT molecular complexity index is 269. The van der Waals surface area contributed by atoms with Gasteiger partial charge in [0.25, 0.3) is 0 Å². The van der Waals surface area contributed by atoms with Crippen LogP contribution in [0.1, 0.15) is 175 Å². The van der Waals surface area contributed by atoms with E-state index in [1.807, 2.05) is 0 Å². The molecule has 0 aromatic heterocycles. The minimum atomic E-state index is 0.896. The molecule has 0 aromatic carbocycles. The molecule has 0 rings (SSSR count). The summed E-state index contributed by atoms with van der Waals surface area (Å²) >= 11 is 0. The summed E-state index contributed by atoms with van der Waals surface area (Å²) < 4.78 is 0. The predicted molar refractivity (Wildman–Crippen MR) is 136 cm³/mol. The topological polar surface area (TPSA) is 0 Å². The number of hydrogen-bond donors (Lipinski definition) is 0. The van der Waals surface area contributed by atoms with Gasteiger partial charge in [0.2, 0.25) is 0 Å². The van der Waals surface area contributed by atoms with Crippen molar-refractivity contribution in [3.05, 3.63) is 6.42 Å².